The zero-order valence-electron chi connectivity index (χ0n) is 13.8. The molecule has 3 nitrogen and oxygen atoms in total. The zero-order chi connectivity index (χ0) is 17.4. The highest BCUT2D eigenvalue weighted by atomic mass is 35.5. The summed E-state index contributed by atoms with van der Waals surface area (Å²) in [6.45, 7) is 6.24. The molecule has 5 heteroatoms. The minimum absolute atomic E-state index is 0.00268. The number of phenols is 1. The fourth-order valence-corrected chi connectivity index (χ4v) is 4.43. The van der Waals surface area contributed by atoms with E-state index in [-0.39, 0.29) is 11.5 Å². The Morgan fingerprint density at radius 1 is 1.33 bits per heavy atom. The quantitative estimate of drug-likeness (QED) is 0.746. The predicted octanol–water partition coefficient (Wildman–Crippen LogP) is 5.38. The maximum absolute atomic E-state index is 11.5. The minimum Gasteiger partial charge on any atom is -0.507 e. The number of carbonyl (C=O) groups excluding carboxylic acids is 1. The normalized spacial score (nSPS) is 15.0. The van der Waals surface area contributed by atoms with Crippen LogP contribution in [0, 0.1) is 6.92 Å². The van der Waals surface area contributed by atoms with E-state index in [0.717, 1.165) is 26.7 Å². The number of aromatic hydroxyl groups is 1. The summed E-state index contributed by atoms with van der Waals surface area (Å²) in [7, 11) is 0. The molecule has 24 heavy (non-hydrogen) atoms. The van der Waals surface area contributed by atoms with Crippen molar-refractivity contribution in [3.63, 3.8) is 0 Å². The third-order valence-corrected chi connectivity index (χ3v) is 5.32. The van der Waals surface area contributed by atoms with E-state index in [0.29, 0.717) is 17.1 Å². The Morgan fingerprint density at radius 2 is 2.08 bits per heavy atom. The highest BCUT2D eigenvalue weighted by Crippen LogP contribution is 2.54. The van der Waals surface area contributed by atoms with Gasteiger partial charge in [0.15, 0.2) is 5.78 Å². The molecule has 0 unspecified atom stereocenters. The second kappa shape index (κ2) is 6.54. The molecule has 0 atom stereocenters. The van der Waals surface area contributed by atoms with E-state index >= 15 is 0 Å². The molecule has 1 aliphatic rings. The molecule has 0 amide bonds. The van der Waals surface area contributed by atoms with E-state index in [1.807, 2.05) is 43.0 Å². The highest BCUT2D eigenvalue weighted by Gasteiger charge is 2.30. The Hall–Kier alpha value is -1.91. The Kier molecular flexibility index (Phi) is 4.61. The van der Waals surface area contributed by atoms with Gasteiger partial charge >= 0.3 is 0 Å². The Balaban J connectivity index is 2.25. The third kappa shape index (κ3) is 2.92. The van der Waals surface area contributed by atoms with E-state index in [4.69, 9.17) is 11.6 Å². The molecule has 1 N–H and O–H groups in total. The van der Waals surface area contributed by atoms with Gasteiger partial charge in [-0.05, 0) is 44.5 Å². The number of rotatable bonds is 3. The molecule has 1 heterocycles. The number of ketones is 1. The predicted molar refractivity (Wildman–Crippen MR) is 101 cm³/mol. The average Bonchev–Trinajstić information content (AvgIpc) is 2.85. The van der Waals surface area contributed by atoms with Gasteiger partial charge < -0.3 is 10.0 Å². The second-order valence-electron chi connectivity index (χ2n) is 5.73. The van der Waals surface area contributed by atoms with Gasteiger partial charge in [0.05, 0.1) is 10.7 Å². The highest BCUT2D eigenvalue weighted by molar-refractivity contribution is 8.03. The topological polar surface area (TPSA) is 40.5 Å². The van der Waals surface area contributed by atoms with Gasteiger partial charge in [-0.25, -0.2) is 0 Å². The molecule has 0 aliphatic carbocycles. The van der Waals surface area contributed by atoms with Crippen molar-refractivity contribution < 1.29 is 9.90 Å². The lowest BCUT2D eigenvalue weighted by Gasteiger charge is -2.22. The standard InChI is InChI=1S/C19H18ClNO2S/c1-4-21-17(10-12(3)22)24-16-8-7-15(23)18(19(16)21)13-6-5-11(2)9-14(13)20/h5-10,23H,4H2,1-3H3. The smallest absolute Gasteiger partial charge is 0.155 e. The lowest BCUT2D eigenvalue weighted by atomic mass is 10.00. The summed E-state index contributed by atoms with van der Waals surface area (Å²) >= 11 is 7.98. The van der Waals surface area contributed by atoms with Gasteiger partial charge in [-0.3, -0.25) is 4.79 Å². The molecule has 0 spiro atoms. The van der Waals surface area contributed by atoms with Crippen LogP contribution in [0.4, 0.5) is 5.69 Å². The Labute approximate surface area is 150 Å². The molecular formula is C19H18ClNO2S. The second-order valence-corrected chi connectivity index (χ2v) is 7.20. The lowest BCUT2D eigenvalue weighted by molar-refractivity contribution is -0.112. The van der Waals surface area contributed by atoms with Gasteiger partial charge in [-0.2, -0.15) is 0 Å². The fraction of sp³-hybridized carbons (Fsp3) is 0.211. The first kappa shape index (κ1) is 16.9. The first-order valence-corrected chi connectivity index (χ1v) is 8.92. The van der Waals surface area contributed by atoms with Crippen LogP contribution < -0.4 is 4.90 Å². The number of thioether (sulfide) groups is 1. The van der Waals surface area contributed by atoms with E-state index in [1.165, 1.54) is 11.8 Å². The number of allylic oxidation sites excluding steroid dienone is 1. The average molecular weight is 360 g/mol. The number of nitrogens with zero attached hydrogens (tertiary/aromatic N) is 1. The molecule has 3 rings (SSSR count). The number of aryl methyl sites for hydroxylation is 1. The zero-order valence-corrected chi connectivity index (χ0v) is 15.3. The molecular weight excluding hydrogens is 342 g/mol. The van der Waals surface area contributed by atoms with Crippen molar-refractivity contribution in [2.24, 2.45) is 0 Å². The van der Waals surface area contributed by atoms with Crippen molar-refractivity contribution in [2.75, 3.05) is 11.4 Å². The van der Waals surface area contributed by atoms with Crippen LogP contribution in [0.25, 0.3) is 11.1 Å². The first-order valence-electron chi connectivity index (χ1n) is 7.72. The summed E-state index contributed by atoms with van der Waals surface area (Å²) in [6, 6.07) is 9.36. The van der Waals surface area contributed by atoms with Crippen molar-refractivity contribution in [2.45, 2.75) is 25.7 Å². The van der Waals surface area contributed by atoms with Gasteiger partial charge in [0, 0.05) is 33.7 Å². The Bertz CT molecular complexity index is 861. The van der Waals surface area contributed by atoms with Crippen LogP contribution in [0.5, 0.6) is 5.75 Å². The van der Waals surface area contributed by atoms with Crippen molar-refractivity contribution in [3.05, 3.63) is 52.0 Å². The Morgan fingerprint density at radius 3 is 2.71 bits per heavy atom. The van der Waals surface area contributed by atoms with Gasteiger partial charge in [0.1, 0.15) is 5.75 Å². The number of fused-ring (bicyclic) bond motifs is 1. The molecule has 1 aliphatic heterocycles. The van der Waals surface area contributed by atoms with E-state index in [1.54, 1.807) is 19.1 Å². The van der Waals surface area contributed by atoms with Crippen LogP contribution in [0.2, 0.25) is 5.02 Å². The van der Waals surface area contributed by atoms with Crippen LogP contribution >= 0.6 is 23.4 Å². The van der Waals surface area contributed by atoms with Crippen molar-refractivity contribution in [3.8, 4) is 16.9 Å². The van der Waals surface area contributed by atoms with Crippen molar-refractivity contribution in [1.29, 1.82) is 0 Å². The molecule has 0 aromatic heterocycles. The van der Waals surface area contributed by atoms with Gasteiger partial charge in [0.2, 0.25) is 0 Å². The van der Waals surface area contributed by atoms with Gasteiger partial charge in [0.25, 0.3) is 0 Å². The summed E-state index contributed by atoms with van der Waals surface area (Å²) in [6.07, 6.45) is 1.63. The van der Waals surface area contributed by atoms with E-state index < -0.39 is 0 Å². The summed E-state index contributed by atoms with van der Waals surface area (Å²) < 4.78 is 0. The van der Waals surface area contributed by atoms with Crippen molar-refractivity contribution >= 4 is 34.8 Å². The van der Waals surface area contributed by atoms with Crippen LogP contribution in [-0.2, 0) is 4.79 Å². The largest absolute Gasteiger partial charge is 0.507 e. The maximum atomic E-state index is 11.5. The molecule has 0 saturated heterocycles. The summed E-state index contributed by atoms with van der Waals surface area (Å²) in [4.78, 5) is 14.6. The van der Waals surface area contributed by atoms with E-state index in [2.05, 4.69) is 0 Å². The molecule has 0 saturated carbocycles. The van der Waals surface area contributed by atoms with Crippen molar-refractivity contribution in [1.82, 2.24) is 0 Å². The third-order valence-electron chi connectivity index (χ3n) is 3.91. The lowest BCUT2D eigenvalue weighted by Crippen LogP contribution is -2.18. The molecule has 0 radical (unpaired) electrons. The summed E-state index contributed by atoms with van der Waals surface area (Å²) in [5.41, 5.74) is 3.47. The van der Waals surface area contributed by atoms with E-state index in [9.17, 15) is 9.90 Å². The number of anilines is 1. The maximum Gasteiger partial charge on any atom is 0.155 e. The summed E-state index contributed by atoms with van der Waals surface area (Å²) in [5.74, 6) is 0.186. The minimum atomic E-state index is 0.00268. The number of phenolic OH excluding ortho intramolecular Hbond substituents is 1. The number of hydrogen-bond donors (Lipinski definition) is 1. The molecule has 2 aromatic rings. The monoisotopic (exact) mass is 359 g/mol. The molecule has 2 aromatic carbocycles. The van der Waals surface area contributed by atoms with Crippen LogP contribution in [-0.4, -0.2) is 17.4 Å². The number of hydrogen-bond acceptors (Lipinski definition) is 4. The van der Waals surface area contributed by atoms with Crippen LogP contribution in [0.3, 0.4) is 0 Å². The number of carbonyl (C=O) groups is 1. The SMILES string of the molecule is CCN1C(=CC(C)=O)Sc2ccc(O)c(-c3ccc(C)cc3Cl)c21. The fourth-order valence-electron chi connectivity index (χ4n) is 2.87. The number of benzene rings is 2. The number of halogens is 1. The first-order chi connectivity index (χ1) is 11.4. The van der Waals surface area contributed by atoms with Crippen LogP contribution in [0.15, 0.2) is 46.3 Å². The van der Waals surface area contributed by atoms with Crippen LogP contribution in [0.1, 0.15) is 19.4 Å². The molecule has 124 valence electrons. The molecule has 0 fully saturated rings. The van der Waals surface area contributed by atoms with Gasteiger partial charge in [-0.15, -0.1) is 0 Å². The summed E-state index contributed by atoms with van der Waals surface area (Å²) in [5, 5.41) is 12.0. The molecule has 0 bridgehead atoms. The van der Waals surface area contributed by atoms with Gasteiger partial charge in [-0.1, -0.05) is 35.5 Å².